The van der Waals surface area contributed by atoms with Crippen molar-refractivity contribution in [2.24, 2.45) is 11.0 Å². The van der Waals surface area contributed by atoms with E-state index in [4.69, 9.17) is 4.74 Å². The van der Waals surface area contributed by atoms with E-state index in [0.717, 1.165) is 11.1 Å². The third-order valence-corrected chi connectivity index (χ3v) is 4.14. The zero-order valence-corrected chi connectivity index (χ0v) is 15.3. The Labute approximate surface area is 154 Å². The number of ether oxygens (including phenoxy) is 1. The van der Waals surface area contributed by atoms with Crippen molar-refractivity contribution in [3.05, 3.63) is 71.8 Å². The number of amides is 1. The average Bonchev–Trinajstić information content (AvgIpc) is 2.67. The van der Waals surface area contributed by atoms with Crippen molar-refractivity contribution in [1.82, 2.24) is 5.43 Å². The van der Waals surface area contributed by atoms with E-state index in [0.29, 0.717) is 12.3 Å². The Balaban J connectivity index is 2.20. The van der Waals surface area contributed by atoms with Gasteiger partial charge in [-0.2, -0.15) is 5.10 Å². The highest BCUT2D eigenvalue weighted by molar-refractivity contribution is 6.01. The van der Waals surface area contributed by atoms with Crippen molar-refractivity contribution in [1.29, 1.82) is 0 Å². The predicted molar refractivity (Wildman–Crippen MR) is 102 cm³/mol. The van der Waals surface area contributed by atoms with Crippen LogP contribution in [0.5, 0.6) is 0 Å². The van der Waals surface area contributed by atoms with E-state index >= 15 is 0 Å². The van der Waals surface area contributed by atoms with Gasteiger partial charge in [0.25, 0.3) is 5.91 Å². The summed E-state index contributed by atoms with van der Waals surface area (Å²) in [5.74, 6) is -1.60. The van der Waals surface area contributed by atoms with E-state index in [2.05, 4.69) is 10.5 Å². The third-order valence-electron chi connectivity index (χ3n) is 4.14. The van der Waals surface area contributed by atoms with Crippen LogP contribution in [-0.2, 0) is 14.3 Å². The molecule has 136 valence electrons. The van der Waals surface area contributed by atoms with Crippen LogP contribution in [0.4, 0.5) is 0 Å². The number of hydrogen-bond acceptors (Lipinski definition) is 4. The van der Waals surface area contributed by atoms with Crippen LogP contribution in [0.1, 0.15) is 37.8 Å². The van der Waals surface area contributed by atoms with E-state index < -0.39 is 11.8 Å². The van der Waals surface area contributed by atoms with Crippen LogP contribution in [-0.4, -0.2) is 24.2 Å². The second-order valence-corrected chi connectivity index (χ2v) is 5.96. The molecule has 0 saturated heterocycles. The van der Waals surface area contributed by atoms with Gasteiger partial charge in [0.2, 0.25) is 0 Å². The molecule has 0 aliphatic heterocycles. The number of hydrogen-bond donors (Lipinski definition) is 1. The molecular formula is C21H24N2O3. The average molecular weight is 352 g/mol. The molecule has 5 heteroatoms. The molecule has 1 amide bonds. The molecule has 0 aromatic heterocycles. The van der Waals surface area contributed by atoms with E-state index in [9.17, 15) is 9.59 Å². The summed E-state index contributed by atoms with van der Waals surface area (Å²) in [7, 11) is 0. The normalized spacial score (nSPS) is 12.5. The molecule has 0 bridgehead atoms. The molecule has 26 heavy (non-hydrogen) atoms. The molecule has 5 nitrogen and oxygen atoms in total. The van der Waals surface area contributed by atoms with E-state index in [-0.39, 0.29) is 11.9 Å². The van der Waals surface area contributed by atoms with Crippen molar-refractivity contribution >= 4 is 17.6 Å². The molecule has 0 fully saturated rings. The quantitative estimate of drug-likeness (QED) is 0.471. The van der Waals surface area contributed by atoms with E-state index in [1.807, 2.05) is 60.7 Å². The fraction of sp³-hybridized carbons (Fsp3) is 0.286. The Morgan fingerprint density at radius 2 is 1.50 bits per heavy atom. The van der Waals surface area contributed by atoms with Gasteiger partial charge in [0.1, 0.15) is 0 Å². The Bertz CT molecular complexity index is 718. The molecule has 1 atom stereocenters. The first-order valence-electron chi connectivity index (χ1n) is 8.65. The first-order valence-corrected chi connectivity index (χ1v) is 8.65. The highest BCUT2D eigenvalue weighted by Crippen LogP contribution is 2.24. The lowest BCUT2D eigenvalue weighted by Gasteiger charge is -2.17. The summed E-state index contributed by atoms with van der Waals surface area (Å²) in [6.07, 6.45) is 0. The second kappa shape index (κ2) is 9.51. The second-order valence-electron chi connectivity index (χ2n) is 5.96. The first-order chi connectivity index (χ1) is 12.5. The van der Waals surface area contributed by atoms with Gasteiger partial charge in [-0.05, 0) is 31.9 Å². The number of nitrogens with one attached hydrogen (secondary N) is 1. The number of benzene rings is 2. The molecular weight excluding hydrogens is 328 g/mol. The smallest absolute Gasteiger partial charge is 0.314 e. The minimum Gasteiger partial charge on any atom is -0.465 e. The van der Waals surface area contributed by atoms with Gasteiger partial charge in [0, 0.05) is 5.71 Å². The lowest BCUT2D eigenvalue weighted by Crippen LogP contribution is -2.29. The number of esters is 1. The molecule has 2 aromatic carbocycles. The fourth-order valence-electron chi connectivity index (χ4n) is 2.53. The minimum absolute atomic E-state index is 0.252. The summed E-state index contributed by atoms with van der Waals surface area (Å²) in [6, 6.07) is 19.1. The number of nitrogens with zero attached hydrogens (tertiary/aromatic N) is 1. The summed E-state index contributed by atoms with van der Waals surface area (Å²) in [4.78, 5) is 24.6. The fourth-order valence-corrected chi connectivity index (χ4v) is 2.53. The monoisotopic (exact) mass is 352 g/mol. The molecule has 0 spiro atoms. The number of carbonyl (C=O) groups excluding carboxylic acids is 2. The lowest BCUT2D eigenvalue weighted by atomic mass is 9.91. The number of hydrazone groups is 1. The van der Waals surface area contributed by atoms with Gasteiger partial charge in [-0.3, -0.25) is 9.59 Å². The topological polar surface area (TPSA) is 67.8 Å². The maximum Gasteiger partial charge on any atom is 0.314 e. The molecule has 1 unspecified atom stereocenters. The van der Waals surface area contributed by atoms with Crippen molar-refractivity contribution in [2.75, 3.05) is 6.61 Å². The van der Waals surface area contributed by atoms with Gasteiger partial charge in [-0.1, -0.05) is 60.7 Å². The Morgan fingerprint density at radius 1 is 1.00 bits per heavy atom. The van der Waals surface area contributed by atoms with Gasteiger partial charge in [-0.25, -0.2) is 5.43 Å². The highest BCUT2D eigenvalue weighted by Gasteiger charge is 2.23. The zero-order valence-electron chi connectivity index (χ0n) is 15.3. The minimum atomic E-state index is -0.512. The third kappa shape index (κ3) is 5.02. The molecule has 0 radical (unpaired) electrons. The standard InChI is InChI=1S/C21H24N2O3/c1-4-26-21(25)15(2)16(3)22-23-20(24)19(17-11-7-5-8-12-17)18-13-9-6-10-14-18/h5-15,19H,4H2,1-3H3,(H,23,24)/b22-16-. The van der Waals surface area contributed by atoms with Crippen molar-refractivity contribution in [3.63, 3.8) is 0 Å². The maximum atomic E-state index is 12.8. The lowest BCUT2D eigenvalue weighted by molar-refractivity contribution is -0.145. The zero-order chi connectivity index (χ0) is 18.9. The van der Waals surface area contributed by atoms with Gasteiger partial charge in [0.05, 0.1) is 18.4 Å². The largest absolute Gasteiger partial charge is 0.465 e. The molecule has 2 aromatic rings. The Kier molecular flexibility index (Phi) is 7.09. The molecule has 0 saturated carbocycles. The van der Waals surface area contributed by atoms with Gasteiger partial charge in [0.15, 0.2) is 0 Å². The van der Waals surface area contributed by atoms with Gasteiger partial charge >= 0.3 is 5.97 Å². The predicted octanol–water partition coefficient (Wildman–Crippen LogP) is 3.51. The van der Waals surface area contributed by atoms with Crippen LogP contribution in [0.15, 0.2) is 65.8 Å². The van der Waals surface area contributed by atoms with Crippen molar-refractivity contribution in [2.45, 2.75) is 26.7 Å². The van der Waals surface area contributed by atoms with Crippen molar-refractivity contribution < 1.29 is 14.3 Å². The maximum absolute atomic E-state index is 12.8. The molecule has 2 rings (SSSR count). The van der Waals surface area contributed by atoms with Gasteiger partial charge in [-0.15, -0.1) is 0 Å². The summed E-state index contributed by atoms with van der Waals surface area (Å²) >= 11 is 0. The summed E-state index contributed by atoms with van der Waals surface area (Å²) in [6.45, 7) is 5.47. The van der Waals surface area contributed by atoms with Crippen LogP contribution in [0, 0.1) is 5.92 Å². The summed E-state index contributed by atoms with van der Waals surface area (Å²) in [5, 5.41) is 4.12. The summed E-state index contributed by atoms with van der Waals surface area (Å²) in [5.41, 5.74) is 4.85. The molecule has 0 aliphatic rings. The SMILES string of the molecule is CCOC(=O)C(C)/C(C)=N\NC(=O)C(c1ccccc1)c1ccccc1. The van der Waals surface area contributed by atoms with Crippen LogP contribution in [0.3, 0.4) is 0 Å². The van der Waals surface area contributed by atoms with Crippen LogP contribution < -0.4 is 5.43 Å². The number of carbonyl (C=O) groups is 2. The van der Waals surface area contributed by atoms with Gasteiger partial charge < -0.3 is 4.74 Å². The highest BCUT2D eigenvalue weighted by atomic mass is 16.5. The van der Waals surface area contributed by atoms with Crippen LogP contribution in [0.25, 0.3) is 0 Å². The Hall–Kier alpha value is -2.95. The Morgan fingerprint density at radius 3 is 1.96 bits per heavy atom. The first kappa shape index (κ1) is 19.4. The van der Waals surface area contributed by atoms with Crippen LogP contribution >= 0.6 is 0 Å². The van der Waals surface area contributed by atoms with E-state index in [1.165, 1.54) is 0 Å². The van der Waals surface area contributed by atoms with E-state index in [1.54, 1.807) is 20.8 Å². The molecule has 0 aliphatic carbocycles. The molecule has 0 heterocycles. The molecule has 1 N–H and O–H groups in total. The van der Waals surface area contributed by atoms with Crippen LogP contribution in [0.2, 0.25) is 0 Å². The van der Waals surface area contributed by atoms with Crippen molar-refractivity contribution in [3.8, 4) is 0 Å². The summed E-state index contributed by atoms with van der Waals surface area (Å²) < 4.78 is 4.99. The number of rotatable bonds is 7.